The van der Waals surface area contributed by atoms with E-state index < -0.39 is 22.5 Å². The van der Waals surface area contributed by atoms with Crippen molar-refractivity contribution >= 4 is 27.3 Å². The summed E-state index contributed by atoms with van der Waals surface area (Å²) < 4.78 is 38.4. The second-order valence-corrected chi connectivity index (χ2v) is 8.81. The summed E-state index contributed by atoms with van der Waals surface area (Å²) in [4.78, 5) is 12.9. The Hall–Kier alpha value is -4.03. The van der Waals surface area contributed by atoms with Crippen molar-refractivity contribution in [2.75, 3.05) is 30.4 Å². The number of nitrogens with zero attached hydrogens (tertiary/aromatic N) is 2. The molecule has 0 bridgehead atoms. The van der Waals surface area contributed by atoms with Gasteiger partial charge in [0.15, 0.2) is 11.5 Å². The summed E-state index contributed by atoms with van der Waals surface area (Å²) >= 11 is 0. The highest BCUT2D eigenvalue weighted by molar-refractivity contribution is 7.92. The van der Waals surface area contributed by atoms with E-state index in [4.69, 9.17) is 14.7 Å². The monoisotopic (exact) mass is 465 g/mol. The Morgan fingerprint density at radius 1 is 0.970 bits per heavy atom. The van der Waals surface area contributed by atoms with Crippen LogP contribution >= 0.6 is 0 Å². The van der Waals surface area contributed by atoms with Gasteiger partial charge in [-0.2, -0.15) is 5.26 Å². The van der Waals surface area contributed by atoms with Gasteiger partial charge in [0.25, 0.3) is 10.0 Å². The van der Waals surface area contributed by atoms with E-state index in [1.165, 1.54) is 32.4 Å². The highest BCUT2D eigenvalue weighted by Gasteiger charge is 2.28. The first-order valence-corrected chi connectivity index (χ1v) is 11.4. The van der Waals surface area contributed by atoms with Crippen molar-refractivity contribution in [2.24, 2.45) is 0 Å². The van der Waals surface area contributed by atoms with Crippen LogP contribution in [0.1, 0.15) is 5.56 Å². The highest BCUT2D eigenvalue weighted by Crippen LogP contribution is 2.33. The van der Waals surface area contributed by atoms with Gasteiger partial charge in [-0.1, -0.05) is 30.3 Å². The number of hydrogen-bond donors (Lipinski definition) is 1. The molecular formula is C24H23N3O5S. The number of rotatable bonds is 9. The molecule has 0 aliphatic rings. The summed E-state index contributed by atoms with van der Waals surface area (Å²) in [7, 11) is -1.14. The summed E-state index contributed by atoms with van der Waals surface area (Å²) in [5.74, 6) is 0.231. The normalized spacial score (nSPS) is 10.7. The first-order chi connectivity index (χ1) is 15.9. The first-order valence-electron chi connectivity index (χ1n) is 9.94. The summed E-state index contributed by atoms with van der Waals surface area (Å²) in [6, 6.07) is 21.3. The fourth-order valence-corrected chi connectivity index (χ4v) is 4.58. The number of methoxy groups -OCH3 is 2. The number of carbonyl (C=O) groups excluding carboxylic acids is 1. The molecule has 0 radical (unpaired) electrons. The zero-order valence-corrected chi connectivity index (χ0v) is 19.0. The van der Waals surface area contributed by atoms with E-state index in [1.807, 2.05) is 0 Å². The summed E-state index contributed by atoms with van der Waals surface area (Å²) in [6.45, 7) is -0.466. The maximum atomic E-state index is 13.4. The number of benzene rings is 3. The molecule has 0 saturated carbocycles. The minimum absolute atomic E-state index is 0.0495. The minimum atomic E-state index is -4.06. The zero-order chi connectivity index (χ0) is 23.8. The number of nitriles is 1. The van der Waals surface area contributed by atoms with E-state index in [1.54, 1.807) is 54.6 Å². The third kappa shape index (κ3) is 5.61. The number of nitrogens with one attached hydrogen (secondary N) is 1. The number of sulfonamides is 1. The Labute approximate surface area is 193 Å². The first kappa shape index (κ1) is 23.6. The number of anilines is 2. The van der Waals surface area contributed by atoms with Crippen molar-refractivity contribution in [1.29, 1.82) is 5.26 Å². The van der Waals surface area contributed by atoms with Gasteiger partial charge in [0.1, 0.15) is 6.54 Å². The Kier molecular flexibility index (Phi) is 7.53. The molecule has 33 heavy (non-hydrogen) atoms. The van der Waals surface area contributed by atoms with Gasteiger partial charge in [0.2, 0.25) is 5.91 Å². The van der Waals surface area contributed by atoms with Gasteiger partial charge in [-0.25, -0.2) is 8.42 Å². The summed E-state index contributed by atoms with van der Waals surface area (Å²) in [5.41, 5.74) is 1.55. The summed E-state index contributed by atoms with van der Waals surface area (Å²) in [5, 5.41) is 11.5. The topological polar surface area (TPSA) is 109 Å². The van der Waals surface area contributed by atoms with Crippen LogP contribution in [0.4, 0.5) is 11.4 Å². The number of hydrogen-bond acceptors (Lipinski definition) is 6. The van der Waals surface area contributed by atoms with Crippen LogP contribution in [0.15, 0.2) is 77.7 Å². The molecule has 9 heteroatoms. The third-order valence-corrected chi connectivity index (χ3v) is 6.58. The Morgan fingerprint density at radius 3 is 2.24 bits per heavy atom. The van der Waals surface area contributed by atoms with Crippen LogP contribution in [-0.2, 0) is 21.2 Å². The van der Waals surface area contributed by atoms with Crippen LogP contribution in [0, 0.1) is 11.3 Å². The quantitative estimate of drug-likeness (QED) is 0.517. The van der Waals surface area contributed by atoms with Crippen molar-refractivity contribution in [1.82, 2.24) is 0 Å². The number of carbonyl (C=O) groups is 1. The van der Waals surface area contributed by atoms with Crippen molar-refractivity contribution < 1.29 is 22.7 Å². The maximum absolute atomic E-state index is 13.4. The predicted molar refractivity (Wildman–Crippen MR) is 125 cm³/mol. The van der Waals surface area contributed by atoms with E-state index >= 15 is 0 Å². The fourth-order valence-electron chi connectivity index (χ4n) is 3.14. The molecule has 0 aromatic heterocycles. The van der Waals surface area contributed by atoms with E-state index in [-0.39, 0.29) is 17.0 Å². The smallest absolute Gasteiger partial charge is 0.264 e. The molecule has 0 aliphatic carbocycles. The van der Waals surface area contributed by atoms with Crippen LogP contribution in [0.2, 0.25) is 0 Å². The van der Waals surface area contributed by atoms with Gasteiger partial charge in [-0.3, -0.25) is 9.10 Å². The van der Waals surface area contributed by atoms with Crippen LogP contribution in [0.5, 0.6) is 11.5 Å². The van der Waals surface area contributed by atoms with E-state index in [0.717, 1.165) is 9.87 Å². The lowest BCUT2D eigenvalue weighted by Gasteiger charge is -2.25. The van der Waals surface area contributed by atoms with E-state index in [9.17, 15) is 13.2 Å². The molecule has 0 aliphatic heterocycles. The van der Waals surface area contributed by atoms with E-state index in [0.29, 0.717) is 17.2 Å². The molecule has 0 unspecified atom stereocenters. The molecule has 1 amide bonds. The Morgan fingerprint density at radius 2 is 1.64 bits per heavy atom. The lowest BCUT2D eigenvalue weighted by molar-refractivity contribution is -0.114. The molecule has 1 N–H and O–H groups in total. The second-order valence-electron chi connectivity index (χ2n) is 6.94. The van der Waals surface area contributed by atoms with Crippen LogP contribution in [0.3, 0.4) is 0 Å². The average Bonchev–Trinajstić information content (AvgIpc) is 2.84. The number of amides is 1. The largest absolute Gasteiger partial charge is 0.493 e. The van der Waals surface area contributed by atoms with Crippen LogP contribution in [0.25, 0.3) is 0 Å². The van der Waals surface area contributed by atoms with Gasteiger partial charge in [-0.15, -0.1) is 0 Å². The van der Waals surface area contributed by atoms with Crippen LogP contribution in [-0.4, -0.2) is 35.1 Å². The van der Waals surface area contributed by atoms with Crippen molar-refractivity contribution in [3.8, 4) is 17.6 Å². The molecule has 8 nitrogen and oxygen atoms in total. The molecule has 0 spiro atoms. The number of ether oxygens (including phenoxy) is 2. The minimum Gasteiger partial charge on any atom is -0.493 e. The van der Waals surface area contributed by atoms with Gasteiger partial charge < -0.3 is 14.8 Å². The van der Waals surface area contributed by atoms with Gasteiger partial charge in [0, 0.05) is 11.8 Å². The molecular weight excluding hydrogens is 442 g/mol. The van der Waals surface area contributed by atoms with Crippen molar-refractivity contribution in [3.05, 3.63) is 78.4 Å². The SMILES string of the molecule is COc1ccc(N(CC(=O)Nc2ccc(CC#N)cc2)S(=O)(=O)c2ccccc2)cc1OC. The zero-order valence-electron chi connectivity index (χ0n) is 18.2. The fraction of sp³-hybridized carbons (Fsp3) is 0.167. The lowest BCUT2D eigenvalue weighted by atomic mass is 10.1. The van der Waals surface area contributed by atoms with E-state index in [2.05, 4.69) is 11.4 Å². The molecule has 3 rings (SSSR count). The molecule has 0 heterocycles. The summed E-state index contributed by atoms with van der Waals surface area (Å²) in [6.07, 6.45) is 0.261. The van der Waals surface area contributed by atoms with Gasteiger partial charge in [-0.05, 0) is 42.0 Å². The lowest BCUT2D eigenvalue weighted by Crippen LogP contribution is -2.38. The van der Waals surface area contributed by atoms with Crippen molar-refractivity contribution in [3.63, 3.8) is 0 Å². The Balaban J connectivity index is 1.94. The van der Waals surface area contributed by atoms with Gasteiger partial charge in [0.05, 0.1) is 37.3 Å². The standard InChI is InChI=1S/C24H23N3O5S/c1-31-22-13-12-20(16-23(22)32-2)27(33(29,30)21-6-4-3-5-7-21)17-24(28)26-19-10-8-18(9-11-19)14-15-25/h3-13,16H,14,17H2,1-2H3,(H,26,28). The molecule has 3 aromatic rings. The molecule has 0 atom stereocenters. The average molecular weight is 466 g/mol. The third-order valence-electron chi connectivity index (χ3n) is 4.79. The van der Waals surface area contributed by atoms with Crippen LogP contribution < -0.4 is 19.1 Å². The molecule has 3 aromatic carbocycles. The second kappa shape index (κ2) is 10.5. The molecule has 0 saturated heterocycles. The van der Waals surface area contributed by atoms with Gasteiger partial charge >= 0.3 is 0 Å². The molecule has 0 fully saturated rings. The highest BCUT2D eigenvalue weighted by atomic mass is 32.2. The van der Waals surface area contributed by atoms with Crippen molar-refractivity contribution in [2.45, 2.75) is 11.3 Å². The Bertz CT molecular complexity index is 1250. The molecule has 170 valence electrons. The predicted octanol–water partition coefficient (Wildman–Crippen LogP) is 3.60. The maximum Gasteiger partial charge on any atom is 0.264 e.